The van der Waals surface area contributed by atoms with Crippen molar-refractivity contribution in [2.75, 3.05) is 0 Å². The van der Waals surface area contributed by atoms with Crippen LogP contribution in [0, 0.1) is 5.82 Å². The van der Waals surface area contributed by atoms with Crippen LogP contribution in [0.3, 0.4) is 0 Å². The van der Waals surface area contributed by atoms with Crippen molar-refractivity contribution >= 4 is 23.2 Å². The standard InChI is InChI=1S/C13H7Cl2F3/c14-8-4-2-5-9(15)12(8)11-7(13(17)18)3-1-6-10(11)16/h1-6,13H. The first-order chi connectivity index (χ1) is 8.52. The number of halogens is 5. The van der Waals surface area contributed by atoms with E-state index in [0.717, 1.165) is 12.1 Å². The lowest BCUT2D eigenvalue weighted by molar-refractivity contribution is 0.151. The SMILES string of the molecule is Fc1cccc(C(F)F)c1-c1c(Cl)cccc1Cl. The molecule has 0 aliphatic carbocycles. The van der Waals surface area contributed by atoms with E-state index in [2.05, 4.69) is 0 Å². The van der Waals surface area contributed by atoms with Crippen LogP contribution in [0.5, 0.6) is 0 Å². The van der Waals surface area contributed by atoms with Crippen LogP contribution in [0.2, 0.25) is 10.0 Å². The van der Waals surface area contributed by atoms with Gasteiger partial charge < -0.3 is 0 Å². The highest BCUT2D eigenvalue weighted by atomic mass is 35.5. The zero-order valence-corrected chi connectivity index (χ0v) is 10.4. The Morgan fingerprint density at radius 2 is 1.39 bits per heavy atom. The van der Waals surface area contributed by atoms with Crippen LogP contribution in [0.15, 0.2) is 36.4 Å². The number of benzene rings is 2. The molecular formula is C13H7Cl2F3. The van der Waals surface area contributed by atoms with Crippen LogP contribution in [0.25, 0.3) is 11.1 Å². The van der Waals surface area contributed by atoms with Gasteiger partial charge in [-0.15, -0.1) is 0 Å². The smallest absolute Gasteiger partial charge is 0.206 e. The summed E-state index contributed by atoms with van der Waals surface area (Å²) in [7, 11) is 0. The molecule has 0 aliphatic heterocycles. The third kappa shape index (κ3) is 2.33. The average Bonchev–Trinajstić information content (AvgIpc) is 2.30. The molecule has 0 nitrogen and oxygen atoms in total. The Morgan fingerprint density at radius 1 is 0.833 bits per heavy atom. The van der Waals surface area contributed by atoms with Crippen LogP contribution >= 0.6 is 23.2 Å². The fraction of sp³-hybridized carbons (Fsp3) is 0.0769. The molecule has 2 aromatic rings. The molecule has 0 saturated heterocycles. The minimum Gasteiger partial charge on any atom is -0.206 e. The van der Waals surface area contributed by atoms with Crippen molar-refractivity contribution < 1.29 is 13.2 Å². The second-order valence-electron chi connectivity index (χ2n) is 3.60. The zero-order valence-electron chi connectivity index (χ0n) is 8.93. The third-order valence-corrected chi connectivity index (χ3v) is 3.12. The first-order valence-corrected chi connectivity index (χ1v) is 5.79. The molecule has 0 fully saturated rings. The van der Waals surface area contributed by atoms with Gasteiger partial charge in [-0.05, 0) is 18.2 Å². The lowest BCUT2D eigenvalue weighted by Crippen LogP contribution is -1.95. The summed E-state index contributed by atoms with van der Waals surface area (Å²) in [5, 5.41) is 0.268. The normalized spacial score (nSPS) is 11.0. The summed E-state index contributed by atoms with van der Waals surface area (Å²) in [6, 6.07) is 8.00. The highest BCUT2D eigenvalue weighted by molar-refractivity contribution is 6.39. The average molecular weight is 291 g/mol. The van der Waals surface area contributed by atoms with Gasteiger partial charge in [-0.25, -0.2) is 13.2 Å². The molecule has 0 heterocycles. The molecular weight excluding hydrogens is 284 g/mol. The summed E-state index contributed by atoms with van der Waals surface area (Å²) in [6.07, 6.45) is -2.80. The van der Waals surface area contributed by atoms with Gasteiger partial charge in [-0.1, -0.05) is 41.4 Å². The monoisotopic (exact) mass is 290 g/mol. The van der Waals surface area contributed by atoms with Crippen LogP contribution in [0.1, 0.15) is 12.0 Å². The summed E-state index contributed by atoms with van der Waals surface area (Å²) in [5.74, 6) is -0.775. The van der Waals surface area contributed by atoms with Crippen LogP contribution in [0.4, 0.5) is 13.2 Å². The molecule has 0 radical (unpaired) electrons. The maximum atomic E-state index is 13.8. The molecule has 5 heteroatoms. The molecule has 0 unspecified atom stereocenters. The maximum absolute atomic E-state index is 13.8. The Kier molecular flexibility index (Phi) is 3.83. The summed E-state index contributed by atoms with van der Waals surface area (Å²) in [5.41, 5.74) is -0.581. The van der Waals surface area contributed by atoms with Gasteiger partial charge in [-0.3, -0.25) is 0 Å². The Hall–Kier alpha value is -1.19. The molecule has 0 spiro atoms. The number of hydrogen-bond donors (Lipinski definition) is 0. The van der Waals surface area contributed by atoms with E-state index in [1.807, 2.05) is 0 Å². The van der Waals surface area contributed by atoms with Gasteiger partial charge in [0.05, 0.1) is 10.0 Å². The molecule has 2 rings (SSSR count). The molecule has 0 amide bonds. The molecule has 94 valence electrons. The molecule has 0 aromatic heterocycles. The van der Waals surface area contributed by atoms with E-state index in [0.29, 0.717) is 0 Å². The van der Waals surface area contributed by atoms with Crippen LogP contribution in [-0.4, -0.2) is 0 Å². The predicted octanol–water partition coefficient (Wildman–Crippen LogP) is 5.74. The Morgan fingerprint density at radius 3 is 1.94 bits per heavy atom. The quantitative estimate of drug-likeness (QED) is 0.662. The van der Waals surface area contributed by atoms with Gasteiger partial charge in [0.2, 0.25) is 0 Å². The molecule has 0 saturated carbocycles. The van der Waals surface area contributed by atoms with Crippen LogP contribution in [-0.2, 0) is 0 Å². The van der Waals surface area contributed by atoms with E-state index in [1.165, 1.54) is 18.2 Å². The van der Waals surface area contributed by atoms with Crippen molar-refractivity contribution in [1.29, 1.82) is 0 Å². The topological polar surface area (TPSA) is 0 Å². The highest BCUT2D eigenvalue weighted by Gasteiger charge is 2.21. The van der Waals surface area contributed by atoms with E-state index in [9.17, 15) is 13.2 Å². The maximum Gasteiger partial charge on any atom is 0.264 e. The largest absolute Gasteiger partial charge is 0.264 e. The molecule has 2 aromatic carbocycles. The van der Waals surface area contributed by atoms with Gasteiger partial charge in [0.25, 0.3) is 6.43 Å². The third-order valence-electron chi connectivity index (χ3n) is 2.49. The first kappa shape index (κ1) is 13.2. The second kappa shape index (κ2) is 5.21. The minimum atomic E-state index is -2.80. The highest BCUT2D eigenvalue weighted by Crippen LogP contribution is 2.40. The summed E-state index contributed by atoms with van der Waals surface area (Å²) in [4.78, 5) is 0. The number of rotatable bonds is 2. The van der Waals surface area contributed by atoms with Crippen molar-refractivity contribution in [3.63, 3.8) is 0 Å². The van der Waals surface area contributed by atoms with Crippen molar-refractivity contribution in [1.82, 2.24) is 0 Å². The summed E-state index contributed by atoms with van der Waals surface area (Å²) in [6.45, 7) is 0. The number of alkyl halides is 2. The van der Waals surface area contributed by atoms with E-state index >= 15 is 0 Å². The van der Waals surface area contributed by atoms with E-state index in [-0.39, 0.29) is 21.2 Å². The Bertz CT molecular complexity index is 562. The molecule has 0 aliphatic rings. The molecule has 0 atom stereocenters. The van der Waals surface area contributed by atoms with Gasteiger partial charge in [0, 0.05) is 16.7 Å². The zero-order chi connectivity index (χ0) is 13.3. The fourth-order valence-corrected chi connectivity index (χ4v) is 2.31. The van der Waals surface area contributed by atoms with Gasteiger partial charge >= 0.3 is 0 Å². The first-order valence-electron chi connectivity index (χ1n) is 5.03. The van der Waals surface area contributed by atoms with Gasteiger partial charge in [0.1, 0.15) is 5.82 Å². The van der Waals surface area contributed by atoms with Gasteiger partial charge in [0.15, 0.2) is 0 Å². The predicted molar refractivity (Wildman–Crippen MR) is 66.8 cm³/mol. The molecule has 0 N–H and O–H groups in total. The van der Waals surface area contributed by atoms with Crippen molar-refractivity contribution in [2.45, 2.75) is 6.43 Å². The number of hydrogen-bond acceptors (Lipinski definition) is 0. The van der Waals surface area contributed by atoms with Gasteiger partial charge in [-0.2, -0.15) is 0 Å². The fourth-order valence-electron chi connectivity index (χ4n) is 1.72. The summed E-state index contributed by atoms with van der Waals surface area (Å²) >= 11 is 11.8. The Balaban J connectivity index is 2.78. The molecule has 18 heavy (non-hydrogen) atoms. The minimum absolute atomic E-state index is 0.0919. The van der Waals surface area contributed by atoms with E-state index in [1.54, 1.807) is 6.07 Å². The van der Waals surface area contributed by atoms with Crippen LogP contribution < -0.4 is 0 Å². The second-order valence-corrected chi connectivity index (χ2v) is 4.42. The van der Waals surface area contributed by atoms with E-state index < -0.39 is 17.8 Å². The summed E-state index contributed by atoms with van der Waals surface area (Å²) < 4.78 is 39.6. The lowest BCUT2D eigenvalue weighted by Gasteiger charge is -2.13. The van der Waals surface area contributed by atoms with E-state index in [4.69, 9.17) is 23.2 Å². The van der Waals surface area contributed by atoms with Crippen molar-refractivity contribution in [2.24, 2.45) is 0 Å². The van der Waals surface area contributed by atoms with Crippen molar-refractivity contribution in [3.8, 4) is 11.1 Å². The van der Waals surface area contributed by atoms with Crippen molar-refractivity contribution in [3.05, 3.63) is 57.8 Å². The lowest BCUT2D eigenvalue weighted by atomic mass is 9.99. The molecule has 0 bridgehead atoms. The Labute approximate surface area is 112 Å².